The zero-order chi connectivity index (χ0) is 21.1. The Labute approximate surface area is 180 Å². The van der Waals surface area contributed by atoms with Gasteiger partial charge in [0.05, 0.1) is 24.4 Å². The first-order chi connectivity index (χ1) is 14.6. The van der Waals surface area contributed by atoms with Crippen LogP contribution in [0.3, 0.4) is 0 Å². The Morgan fingerprint density at radius 2 is 1.67 bits per heavy atom. The van der Waals surface area contributed by atoms with Crippen LogP contribution in [-0.4, -0.2) is 29.6 Å². The maximum absolute atomic E-state index is 13.6. The van der Waals surface area contributed by atoms with E-state index in [2.05, 4.69) is 0 Å². The molecule has 2 aromatic heterocycles. The monoisotopic (exact) mass is 420 g/mol. The molecule has 0 atom stereocenters. The van der Waals surface area contributed by atoms with Crippen LogP contribution in [0, 0.1) is 0 Å². The minimum Gasteiger partial charge on any atom is -0.493 e. The SMILES string of the molecule is COc1ccc(CN(Cc2ccccc2)C(=O)c2cc3sccc3n2C)cc1OC. The lowest BCUT2D eigenvalue weighted by Crippen LogP contribution is -2.31. The Hall–Kier alpha value is -3.25. The van der Waals surface area contributed by atoms with Crippen LogP contribution >= 0.6 is 11.3 Å². The van der Waals surface area contributed by atoms with Gasteiger partial charge in [0.1, 0.15) is 5.69 Å². The topological polar surface area (TPSA) is 43.7 Å². The summed E-state index contributed by atoms with van der Waals surface area (Å²) in [7, 11) is 5.18. The lowest BCUT2D eigenvalue weighted by atomic mass is 10.1. The Bertz CT molecular complexity index is 1160. The first kappa shape index (κ1) is 20.0. The molecule has 0 saturated carbocycles. The van der Waals surface area contributed by atoms with E-state index in [-0.39, 0.29) is 5.91 Å². The molecule has 1 amide bonds. The summed E-state index contributed by atoms with van der Waals surface area (Å²) in [5.41, 5.74) is 3.83. The van der Waals surface area contributed by atoms with Gasteiger partial charge in [-0.15, -0.1) is 11.3 Å². The second-order valence-corrected chi connectivity index (χ2v) is 8.04. The largest absolute Gasteiger partial charge is 0.493 e. The highest BCUT2D eigenvalue weighted by molar-refractivity contribution is 7.17. The number of carbonyl (C=O) groups excluding carboxylic acids is 1. The standard InChI is InChI=1S/C24H24N2O3S/c1-25-19-11-12-30-23(19)14-20(25)24(27)26(15-17-7-5-4-6-8-17)16-18-9-10-21(28-2)22(13-18)29-3/h4-14H,15-16H2,1-3H3. The van der Waals surface area contributed by atoms with E-state index < -0.39 is 0 Å². The molecule has 2 aromatic carbocycles. The van der Waals surface area contributed by atoms with Crippen molar-refractivity contribution in [2.24, 2.45) is 7.05 Å². The number of benzene rings is 2. The van der Waals surface area contributed by atoms with E-state index in [1.165, 1.54) is 0 Å². The van der Waals surface area contributed by atoms with Crippen molar-refractivity contribution in [2.75, 3.05) is 14.2 Å². The Morgan fingerprint density at radius 3 is 2.37 bits per heavy atom. The molecule has 0 aliphatic heterocycles. The van der Waals surface area contributed by atoms with Gasteiger partial charge < -0.3 is 18.9 Å². The van der Waals surface area contributed by atoms with Crippen molar-refractivity contribution < 1.29 is 14.3 Å². The number of thiophene rings is 1. The van der Waals surface area contributed by atoms with Crippen LogP contribution in [0.15, 0.2) is 66.0 Å². The molecule has 154 valence electrons. The fourth-order valence-electron chi connectivity index (χ4n) is 3.62. The molecule has 0 bridgehead atoms. The van der Waals surface area contributed by atoms with Gasteiger partial charge in [0.15, 0.2) is 11.5 Å². The molecule has 5 nitrogen and oxygen atoms in total. The summed E-state index contributed by atoms with van der Waals surface area (Å²) in [4.78, 5) is 15.4. The molecule has 0 N–H and O–H groups in total. The van der Waals surface area contributed by atoms with Crippen molar-refractivity contribution in [3.05, 3.63) is 82.9 Å². The maximum Gasteiger partial charge on any atom is 0.271 e. The molecule has 0 unspecified atom stereocenters. The van der Waals surface area contributed by atoms with Crippen LogP contribution in [0.4, 0.5) is 0 Å². The number of aromatic nitrogens is 1. The Morgan fingerprint density at radius 1 is 0.933 bits per heavy atom. The number of hydrogen-bond donors (Lipinski definition) is 0. The second-order valence-electron chi connectivity index (χ2n) is 7.09. The predicted octanol–water partition coefficient (Wildman–Crippen LogP) is 5.10. The summed E-state index contributed by atoms with van der Waals surface area (Å²) < 4.78 is 13.9. The minimum atomic E-state index is -0.000428. The highest BCUT2D eigenvalue weighted by atomic mass is 32.1. The zero-order valence-corrected chi connectivity index (χ0v) is 18.1. The molecule has 0 saturated heterocycles. The number of carbonyl (C=O) groups is 1. The van der Waals surface area contributed by atoms with Crippen LogP contribution in [-0.2, 0) is 20.1 Å². The summed E-state index contributed by atoms with van der Waals surface area (Å²) in [5, 5.41) is 2.05. The average Bonchev–Trinajstić information content (AvgIpc) is 3.36. The van der Waals surface area contributed by atoms with Crippen LogP contribution in [0.5, 0.6) is 11.5 Å². The summed E-state index contributed by atoms with van der Waals surface area (Å²) in [6.07, 6.45) is 0. The van der Waals surface area contributed by atoms with Crippen molar-refractivity contribution in [3.63, 3.8) is 0 Å². The number of amides is 1. The first-order valence-electron chi connectivity index (χ1n) is 9.67. The molecule has 6 heteroatoms. The van der Waals surface area contributed by atoms with Crippen molar-refractivity contribution in [3.8, 4) is 11.5 Å². The number of ether oxygens (including phenoxy) is 2. The molecule has 4 rings (SSSR count). The summed E-state index contributed by atoms with van der Waals surface area (Å²) in [5.74, 6) is 1.32. The molecule has 0 aliphatic carbocycles. The highest BCUT2D eigenvalue weighted by Crippen LogP contribution is 2.29. The highest BCUT2D eigenvalue weighted by Gasteiger charge is 2.22. The lowest BCUT2D eigenvalue weighted by Gasteiger charge is -2.24. The number of aryl methyl sites for hydroxylation is 1. The predicted molar refractivity (Wildman–Crippen MR) is 120 cm³/mol. The van der Waals surface area contributed by atoms with Crippen LogP contribution < -0.4 is 9.47 Å². The molecule has 30 heavy (non-hydrogen) atoms. The molecular formula is C24H24N2O3S. The van der Waals surface area contributed by atoms with Crippen LogP contribution in [0.1, 0.15) is 21.6 Å². The van der Waals surface area contributed by atoms with Gasteiger partial charge in [0, 0.05) is 20.1 Å². The number of rotatable bonds is 7. The van der Waals surface area contributed by atoms with E-state index in [4.69, 9.17) is 9.47 Å². The van der Waals surface area contributed by atoms with E-state index in [1.54, 1.807) is 25.6 Å². The second kappa shape index (κ2) is 8.63. The molecule has 0 spiro atoms. The van der Waals surface area contributed by atoms with Crippen molar-refractivity contribution in [1.82, 2.24) is 9.47 Å². The van der Waals surface area contributed by atoms with Crippen molar-refractivity contribution in [2.45, 2.75) is 13.1 Å². The molecule has 4 aromatic rings. The van der Waals surface area contributed by atoms with Gasteiger partial charge in [-0.2, -0.15) is 0 Å². The molecule has 0 radical (unpaired) electrons. The van der Waals surface area contributed by atoms with Gasteiger partial charge in [-0.3, -0.25) is 4.79 Å². The van der Waals surface area contributed by atoms with E-state index in [1.807, 2.05) is 82.6 Å². The lowest BCUT2D eigenvalue weighted by molar-refractivity contribution is 0.0720. The smallest absolute Gasteiger partial charge is 0.271 e. The number of hydrogen-bond acceptors (Lipinski definition) is 4. The molecule has 0 aliphatic rings. The van der Waals surface area contributed by atoms with Gasteiger partial charge in [0.2, 0.25) is 0 Å². The zero-order valence-electron chi connectivity index (χ0n) is 17.3. The Kier molecular flexibility index (Phi) is 5.77. The van der Waals surface area contributed by atoms with Crippen LogP contribution in [0.25, 0.3) is 10.2 Å². The van der Waals surface area contributed by atoms with Gasteiger partial charge in [-0.05, 0) is 40.8 Å². The summed E-state index contributed by atoms with van der Waals surface area (Å²) in [6.45, 7) is 0.986. The van der Waals surface area contributed by atoms with E-state index in [9.17, 15) is 4.79 Å². The molecule has 0 fully saturated rings. The summed E-state index contributed by atoms with van der Waals surface area (Å²) in [6, 6.07) is 19.8. The number of fused-ring (bicyclic) bond motifs is 1. The fourth-order valence-corrected chi connectivity index (χ4v) is 4.47. The first-order valence-corrected chi connectivity index (χ1v) is 10.6. The normalized spacial score (nSPS) is 10.9. The van der Waals surface area contributed by atoms with Gasteiger partial charge in [0.25, 0.3) is 5.91 Å². The molecule has 2 heterocycles. The van der Waals surface area contributed by atoms with Gasteiger partial charge in [-0.1, -0.05) is 36.4 Å². The van der Waals surface area contributed by atoms with E-state index >= 15 is 0 Å². The average molecular weight is 421 g/mol. The van der Waals surface area contributed by atoms with Crippen LogP contribution in [0.2, 0.25) is 0 Å². The minimum absolute atomic E-state index is 0.000428. The number of methoxy groups -OCH3 is 2. The molecular weight excluding hydrogens is 396 g/mol. The number of nitrogens with zero attached hydrogens (tertiary/aromatic N) is 2. The van der Waals surface area contributed by atoms with E-state index in [0.717, 1.165) is 21.3 Å². The van der Waals surface area contributed by atoms with Crippen molar-refractivity contribution >= 4 is 27.5 Å². The fraction of sp³-hybridized carbons (Fsp3) is 0.208. The quantitative estimate of drug-likeness (QED) is 0.418. The van der Waals surface area contributed by atoms with E-state index in [0.29, 0.717) is 30.3 Å². The third-order valence-electron chi connectivity index (χ3n) is 5.21. The van der Waals surface area contributed by atoms with Gasteiger partial charge >= 0.3 is 0 Å². The Balaban J connectivity index is 1.68. The third-order valence-corrected chi connectivity index (χ3v) is 6.06. The maximum atomic E-state index is 13.6. The summed E-state index contributed by atoms with van der Waals surface area (Å²) >= 11 is 1.65. The van der Waals surface area contributed by atoms with Crippen molar-refractivity contribution in [1.29, 1.82) is 0 Å². The third kappa shape index (κ3) is 3.91. The van der Waals surface area contributed by atoms with Gasteiger partial charge in [-0.25, -0.2) is 0 Å².